The molecule has 4 rings (SSSR count). The predicted molar refractivity (Wildman–Crippen MR) is 140 cm³/mol. The zero-order valence-electron chi connectivity index (χ0n) is 20.5. The maximum Gasteiger partial charge on any atom is 0.282 e. The van der Waals surface area contributed by atoms with Gasteiger partial charge in [0.25, 0.3) is 11.8 Å². The highest BCUT2D eigenvalue weighted by Crippen LogP contribution is 2.36. The Labute approximate surface area is 205 Å². The molecule has 178 valence electrons. The Morgan fingerprint density at radius 1 is 0.829 bits per heavy atom. The summed E-state index contributed by atoms with van der Waals surface area (Å²) in [5.74, 6) is -0.969. The Morgan fingerprint density at radius 2 is 1.46 bits per heavy atom. The summed E-state index contributed by atoms with van der Waals surface area (Å²) in [6, 6.07) is 20.1. The molecule has 0 spiro atoms. The number of hydrogen-bond acceptors (Lipinski definition) is 5. The summed E-state index contributed by atoms with van der Waals surface area (Å²) in [6.07, 6.45) is 0. The largest absolute Gasteiger partial charge is 0.378 e. The lowest BCUT2D eigenvalue weighted by Crippen LogP contribution is -2.32. The summed E-state index contributed by atoms with van der Waals surface area (Å²) in [7, 11) is 3.86. The van der Waals surface area contributed by atoms with Crippen LogP contribution in [0.1, 0.15) is 23.6 Å². The zero-order chi connectivity index (χ0) is 25.3. The predicted octanol–water partition coefficient (Wildman–Crippen LogP) is 4.72. The molecule has 35 heavy (non-hydrogen) atoms. The van der Waals surface area contributed by atoms with Gasteiger partial charge < -0.3 is 15.5 Å². The lowest BCUT2D eigenvalue weighted by Gasteiger charge is -2.18. The van der Waals surface area contributed by atoms with Gasteiger partial charge in [0.1, 0.15) is 5.70 Å². The fourth-order valence-corrected chi connectivity index (χ4v) is 4.11. The van der Waals surface area contributed by atoms with Gasteiger partial charge in [0.2, 0.25) is 5.91 Å². The summed E-state index contributed by atoms with van der Waals surface area (Å²) in [5, 5.41) is 5.89. The van der Waals surface area contributed by atoms with Crippen LogP contribution in [0.3, 0.4) is 0 Å². The zero-order valence-corrected chi connectivity index (χ0v) is 20.5. The standard InChI is InChI=1S/C28H28N4O3/c1-17-6-15-24(18(2)16-17)25-26(30-21-9-7-20(8-10-21)29-19(3)33)28(35)32(27(25)34)23-13-11-22(12-14-23)31(4)5/h6-16,30H,1-5H3,(H,29,33). The van der Waals surface area contributed by atoms with Gasteiger partial charge in [-0.15, -0.1) is 0 Å². The maximum absolute atomic E-state index is 13.7. The number of nitrogens with one attached hydrogen (secondary N) is 2. The van der Waals surface area contributed by atoms with Crippen LogP contribution in [0.4, 0.5) is 22.7 Å². The van der Waals surface area contributed by atoms with Crippen LogP contribution >= 0.6 is 0 Å². The quantitative estimate of drug-likeness (QED) is 0.512. The van der Waals surface area contributed by atoms with E-state index in [1.54, 1.807) is 36.4 Å². The third kappa shape index (κ3) is 4.80. The topological polar surface area (TPSA) is 81.8 Å². The molecule has 0 saturated carbocycles. The molecule has 0 aliphatic carbocycles. The van der Waals surface area contributed by atoms with E-state index in [9.17, 15) is 14.4 Å². The summed E-state index contributed by atoms with van der Waals surface area (Å²) >= 11 is 0. The van der Waals surface area contributed by atoms with Crippen LogP contribution < -0.4 is 20.4 Å². The van der Waals surface area contributed by atoms with Crippen LogP contribution in [0.15, 0.2) is 72.4 Å². The minimum absolute atomic E-state index is 0.168. The number of imide groups is 1. The van der Waals surface area contributed by atoms with Crippen molar-refractivity contribution in [2.75, 3.05) is 34.5 Å². The van der Waals surface area contributed by atoms with E-state index in [4.69, 9.17) is 0 Å². The van der Waals surface area contributed by atoms with Gasteiger partial charge in [0.05, 0.1) is 11.3 Å². The van der Waals surface area contributed by atoms with Gasteiger partial charge in [-0.3, -0.25) is 14.4 Å². The molecule has 7 heteroatoms. The van der Waals surface area contributed by atoms with Gasteiger partial charge in [-0.05, 0) is 73.5 Å². The smallest absolute Gasteiger partial charge is 0.282 e. The molecule has 0 bridgehead atoms. The van der Waals surface area contributed by atoms with Crippen LogP contribution in [0, 0.1) is 13.8 Å². The Kier molecular flexibility index (Phi) is 6.42. The first-order valence-electron chi connectivity index (χ1n) is 11.3. The van der Waals surface area contributed by atoms with Crippen LogP contribution in [0.25, 0.3) is 5.57 Å². The van der Waals surface area contributed by atoms with Gasteiger partial charge in [0, 0.05) is 38.1 Å². The fraction of sp³-hybridized carbons (Fsp3) is 0.179. The maximum atomic E-state index is 13.7. The number of carbonyl (C=O) groups excluding carboxylic acids is 3. The van der Waals surface area contributed by atoms with Crippen LogP contribution in [0.5, 0.6) is 0 Å². The number of rotatable bonds is 6. The number of carbonyl (C=O) groups is 3. The third-order valence-electron chi connectivity index (χ3n) is 5.83. The van der Waals surface area contributed by atoms with Gasteiger partial charge >= 0.3 is 0 Å². The van der Waals surface area contributed by atoms with Crippen molar-refractivity contribution < 1.29 is 14.4 Å². The number of anilines is 4. The third-order valence-corrected chi connectivity index (χ3v) is 5.83. The molecular weight excluding hydrogens is 440 g/mol. The lowest BCUT2D eigenvalue weighted by molar-refractivity contribution is -0.120. The Bertz CT molecular complexity index is 1340. The van der Waals surface area contributed by atoms with Gasteiger partial charge in [-0.25, -0.2) is 4.90 Å². The molecule has 0 atom stereocenters. The van der Waals surface area contributed by atoms with E-state index in [-0.39, 0.29) is 17.5 Å². The first kappa shape index (κ1) is 23.8. The minimum atomic E-state index is -0.423. The summed E-state index contributed by atoms with van der Waals surface area (Å²) in [6.45, 7) is 5.36. The van der Waals surface area contributed by atoms with Crippen molar-refractivity contribution in [1.82, 2.24) is 0 Å². The van der Waals surface area contributed by atoms with Crippen LogP contribution in [-0.4, -0.2) is 31.8 Å². The SMILES string of the molecule is CC(=O)Nc1ccc(NC2=C(c3ccc(C)cc3C)C(=O)N(c3ccc(N(C)C)cc3)C2=O)cc1. The molecule has 0 unspecified atom stereocenters. The van der Waals surface area contributed by atoms with E-state index >= 15 is 0 Å². The number of hydrogen-bond donors (Lipinski definition) is 2. The number of nitrogens with zero attached hydrogens (tertiary/aromatic N) is 2. The van der Waals surface area contributed by atoms with E-state index in [1.807, 2.05) is 63.2 Å². The summed E-state index contributed by atoms with van der Waals surface area (Å²) in [5.41, 5.74) is 5.97. The first-order valence-corrected chi connectivity index (χ1v) is 11.3. The van der Waals surface area contributed by atoms with Crippen LogP contribution in [0.2, 0.25) is 0 Å². The van der Waals surface area contributed by atoms with Gasteiger partial charge in [0.15, 0.2) is 0 Å². The molecule has 0 aromatic heterocycles. The second-order valence-corrected chi connectivity index (χ2v) is 8.81. The van der Waals surface area contributed by atoms with Crippen molar-refractivity contribution >= 4 is 46.0 Å². The average molecular weight is 469 g/mol. The average Bonchev–Trinajstić information content (AvgIpc) is 3.04. The molecule has 3 aromatic carbocycles. The Morgan fingerprint density at radius 3 is 2.03 bits per heavy atom. The van der Waals surface area contributed by atoms with Crippen molar-refractivity contribution in [1.29, 1.82) is 0 Å². The molecule has 7 nitrogen and oxygen atoms in total. The number of benzene rings is 3. The van der Waals surface area contributed by atoms with Crippen molar-refractivity contribution in [3.63, 3.8) is 0 Å². The molecule has 3 aromatic rings. The minimum Gasteiger partial charge on any atom is -0.378 e. The Balaban J connectivity index is 1.76. The van der Waals surface area contributed by atoms with E-state index < -0.39 is 5.91 Å². The summed E-state index contributed by atoms with van der Waals surface area (Å²) in [4.78, 5) is 41.8. The highest BCUT2D eigenvalue weighted by atomic mass is 16.2. The van der Waals surface area contributed by atoms with E-state index in [0.717, 1.165) is 16.8 Å². The molecule has 0 fully saturated rings. The van der Waals surface area contributed by atoms with Gasteiger partial charge in [-0.1, -0.05) is 23.8 Å². The number of amides is 3. The molecule has 2 N–H and O–H groups in total. The Hall–Kier alpha value is -4.39. The lowest BCUT2D eigenvalue weighted by atomic mass is 9.97. The van der Waals surface area contributed by atoms with Crippen molar-refractivity contribution in [3.05, 3.63) is 89.1 Å². The monoisotopic (exact) mass is 468 g/mol. The second kappa shape index (κ2) is 9.46. The van der Waals surface area contributed by atoms with E-state index in [2.05, 4.69) is 10.6 Å². The first-order chi connectivity index (χ1) is 16.7. The van der Waals surface area contributed by atoms with Crippen molar-refractivity contribution in [2.24, 2.45) is 0 Å². The molecule has 0 radical (unpaired) electrons. The molecule has 0 saturated heterocycles. The fourth-order valence-electron chi connectivity index (χ4n) is 4.11. The van der Waals surface area contributed by atoms with Crippen LogP contribution in [-0.2, 0) is 14.4 Å². The van der Waals surface area contributed by atoms with E-state index in [1.165, 1.54) is 11.8 Å². The molecule has 1 aliphatic heterocycles. The second-order valence-electron chi connectivity index (χ2n) is 8.81. The van der Waals surface area contributed by atoms with Crippen molar-refractivity contribution in [3.8, 4) is 0 Å². The molecule has 3 amide bonds. The van der Waals surface area contributed by atoms with Gasteiger partial charge in [-0.2, -0.15) is 0 Å². The normalized spacial score (nSPS) is 13.3. The molecule has 1 heterocycles. The molecular formula is C28H28N4O3. The summed E-state index contributed by atoms with van der Waals surface area (Å²) < 4.78 is 0. The van der Waals surface area contributed by atoms with E-state index in [0.29, 0.717) is 28.2 Å². The number of aryl methyl sites for hydroxylation is 2. The molecule has 1 aliphatic rings. The highest BCUT2D eigenvalue weighted by molar-refractivity contribution is 6.46. The van der Waals surface area contributed by atoms with Crippen molar-refractivity contribution in [2.45, 2.75) is 20.8 Å². The highest BCUT2D eigenvalue weighted by Gasteiger charge is 2.40.